The number of benzene rings is 1. The lowest BCUT2D eigenvalue weighted by atomic mass is 10.0. The molecule has 0 aliphatic carbocycles. The molecule has 1 aromatic carbocycles. The Bertz CT molecular complexity index is 947. The van der Waals surface area contributed by atoms with Crippen molar-refractivity contribution in [3.63, 3.8) is 0 Å². The minimum Gasteiger partial charge on any atom is -0.342 e. The van der Waals surface area contributed by atoms with E-state index in [9.17, 15) is 14.4 Å². The fraction of sp³-hybridized carbons (Fsp3) is 0.364. The van der Waals surface area contributed by atoms with Crippen LogP contribution >= 0.6 is 0 Å². The van der Waals surface area contributed by atoms with Gasteiger partial charge >= 0.3 is 0 Å². The van der Waals surface area contributed by atoms with Crippen molar-refractivity contribution in [2.75, 3.05) is 14.1 Å². The van der Waals surface area contributed by atoms with Gasteiger partial charge in [-0.2, -0.15) is 5.26 Å². The summed E-state index contributed by atoms with van der Waals surface area (Å²) < 4.78 is 0. The monoisotopic (exact) mass is 437 g/mol. The van der Waals surface area contributed by atoms with E-state index in [1.807, 2.05) is 43.4 Å². The topological polar surface area (TPSA) is 131 Å². The second kappa shape index (κ2) is 12.0. The van der Waals surface area contributed by atoms with Gasteiger partial charge in [-0.3, -0.25) is 19.4 Å². The van der Waals surface area contributed by atoms with Gasteiger partial charge < -0.3 is 10.6 Å². The van der Waals surface area contributed by atoms with Crippen molar-refractivity contribution >= 4 is 17.7 Å². The number of nitriles is 1. The molecule has 2 rings (SSSR count). The Morgan fingerprint density at radius 2 is 1.81 bits per heavy atom. The lowest BCUT2D eigenvalue weighted by Crippen LogP contribution is -2.56. The average molecular weight is 438 g/mol. The minimum absolute atomic E-state index is 0.0786. The number of rotatable bonds is 10. The first-order chi connectivity index (χ1) is 15.4. The maximum absolute atomic E-state index is 13.2. The van der Waals surface area contributed by atoms with Crippen LogP contribution in [-0.4, -0.2) is 63.9 Å². The summed E-state index contributed by atoms with van der Waals surface area (Å²) in [5, 5.41) is 16.7. The Balaban J connectivity index is 2.22. The second-order valence-electron chi connectivity index (χ2n) is 7.14. The third-order valence-corrected chi connectivity index (χ3v) is 4.81. The smallest absolute Gasteiger partial charge is 0.272 e. The molecule has 32 heavy (non-hydrogen) atoms. The number of carbonyl (C=O) groups is 3. The zero-order valence-corrected chi connectivity index (χ0v) is 18.4. The molecule has 0 aliphatic heterocycles. The van der Waals surface area contributed by atoms with Crippen molar-refractivity contribution < 1.29 is 14.4 Å². The van der Waals surface area contributed by atoms with Crippen LogP contribution in [0.5, 0.6) is 0 Å². The maximum atomic E-state index is 13.2. The van der Waals surface area contributed by atoms with Gasteiger partial charge in [-0.05, 0) is 12.0 Å². The molecule has 3 amide bonds. The first kappa shape index (κ1) is 24.3. The summed E-state index contributed by atoms with van der Waals surface area (Å²) in [7, 11) is 2.90. The molecule has 0 spiro atoms. The molecule has 0 saturated carbocycles. The summed E-state index contributed by atoms with van der Waals surface area (Å²) in [6, 6.07) is 7.43. The molecule has 2 N–H and O–H groups in total. The van der Waals surface area contributed by atoms with E-state index in [4.69, 9.17) is 5.26 Å². The number of likely N-dealkylation sites (N-methyl/N-ethyl adjacent to an activating group) is 1. The van der Waals surface area contributed by atoms with E-state index in [1.165, 1.54) is 32.7 Å². The predicted molar refractivity (Wildman–Crippen MR) is 116 cm³/mol. The van der Waals surface area contributed by atoms with Crippen molar-refractivity contribution in [1.29, 1.82) is 5.26 Å². The van der Waals surface area contributed by atoms with Crippen molar-refractivity contribution in [2.24, 2.45) is 0 Å². The van der Waals surface area contributed by atoms with E-state index >= 15 is 0 Å². The summed E-state index contributed by atoms with van der Waals surface area (Å²) in [4.78, 5) is 46.4. The van der Waals surface area contributed by atoms with Gasteiger partial charge in [-0.25, -0.2) is 15.0 Å². The molecule has 168 valence electrons. The number of hydrogen-bond acceptors (Lipinski definition) is 7. The normalized spacial score (nSPS) is 12.1. The fourth-order valence-electron chi connectivity index (χ4n) is 2.97. The largest absolute Gasteiger partial charge is 0.342 e. The van der Waals surface area contributed by atoms with Gasteiger partial charge in [-0.15, -0.1) is 0 Å². The Morgan fingerprint density at radius 1 is 1.09 bits per heavy atom. The molecule has 10 heteroatoms. The third-order valence-electron chi connectivity index (χ3n) is 4.81. The van der Waals surface area contributed by atoms with Gasteiger partial charge in [0.25, 0.3) is 11.8 Å². The molecular formula is C22H27N7O3. The SMILES string of the molecule is CCC[C@H](NC(=O)[C@H](Cc1ccccc1)NC(=O)c1cnccn1)C(=O)N(C)N(C)C#N. The van der Waals surface area contributed by atoms with Crippen molar-refractivity contribution in [2.45, 2.75) is 38.3 Å². The number of aromatic nitrogens is 2. The van der Waals surface area contributed by atoms with Crippen LogP contribution in [0.15, 0.2) is 48.9 Å². The summed E-state index contributed by atoms with van der Waals surface area (Å²) in [5.74, 6) is -1.48. The highest BCUT2D eigenvalue weighted by Gasteiger charge is 2.29. The van der Waals surface area contributed by atoms with Gasteiger partial charge in [-0.1, -0.05) is 43.7 Å². The summed E-state index contributed by atoms with van der Waals surface area (Å²) in [6.07, 6.45) is 7.23. The van der Waals surface area contributed by atoms with Crippen molar-refractivity contribution in [3.8, 4) is 6.19 Å². The van der Waals surface area contributed by atoms with Crippen LogP contribution < -0.4 is 10.6 Å². The number of nitrogens with one attached hydrogen (secondary N) is 2. The molecule has 2 aromatic rings. The van der Waals surface area contributed by atoms with Gasteiger partial charge in [0.05, 0.1) is 6.20 Å². The van der Waals surface area contributed by atoms with Crippen LogP contribution in [0.25, 0.3) is 0 Å². The summed E-state index contributed by atoms with van der Waals surface area (Å²) >= 11 is 0. The average Bonchev–Trinajstić information content (AvgIpc) is 2.82. The summed E-state index contributed by atoms with van der Waals surface area (Å²) in [6.45, 7) is 1.89. The zero-order valence-electron chi connectivity index (χ0n) is 18.4. The first-order valence-corrected chi connectivity index (χ1v) is 10.2. The Kier molecular flexibility index (Phi) is 9.10. The quantitative estimate of drug-likeness (QED) is 0.320. The molecular weight excluding hydrogens is 410 g/mol. The highest BCUT2D eigenvalue weighted by atomic mass is 16.2. The predicted octanol–water partition coefficient (Wildman–Crippen LogP) is 0.889. The molecule has 2 atom stereocenters. The second-order valence-corrected chi connectivity index (χ2v) is 7.14. The number of hydrogen-bond donors (Lipinski definition) is 2. The molecule has 0 fully saturated rings. The number of nitrogens with zero attached hydrogens (tertiary/aromatic N) is 5. The van der Waals surface area contributed by atoms with E-state index in [0.29, 0.717) is 12.8 Å². The Labute approximate surface area is 187 Å². The van der Waals surface area contributed by atoms with E-state index in [2.05, 4.69) is 20.6 Å². The third kappa shape index (κ3) is 6.77. The van der Waals surface area contributed by atoms with E-state index in [-0.39, 0.29) is 12.1 Å². The molecule has 0 saturated heterocycles. The number of hydrazine groups is 1. The lowest BCUT2D eigenvalue weighted by molar-refractivity contribution is -0.144. The molecule has 0 radical (unpaired) electrons. The van der Waals surface area contributed by atoms with Crippen molar-refractivity contribution in [3.05, 3.63) is 60.2 Å². The Hall–Kier alpha value is -4.00. The highest BCUT2D eigenvalue weighted by Crippen LogP contribution is 2.08. The number of carbonyl (C=O) groups excluding carboxylic acids is 3. The standard InChI is InChI=1S/C22H27N7O3/c1-4-8-17(22(32)29(3)28(2)15-23)26-20(30)18(13-16-9-6-5-7-10-16)27-21(31)19-14-24-11-12-25-19/h5-7,9-12,14,17-18H,4,8,13H2,1-3H3,(H,26,30)(H,27,31)/t17-,18-/m0/s1. The molecule has 1 heterocycles. The van der Waals surface area contributed by atoms with Crippen LogP contribution in [0, 0.1) is 11.5 Å². The molecule has 10 nitrogen and oxygen atoms in total. The van der Waals surface area contributed by atoms with E-state index < -0.39 is 29.8 Å². The van der Waals surface area contributed by atoms with E-state index in [0.717, 1.165) is 15.6 Å². The fourth-order valence-corrected chi connectivity index (χ4v) is 2.97. The molecule has 1 aromatic heterocycles. The van der Waals surface area contributed by atoms with Gasteiger partial charge in [0.2, 0.25) is 5.91 Å². The molecule has 0 bridgehead atoms. The van der Waals surface area contributed by atoms with Crippen molar-refractivity contribution in [1.82, 2.24) is 30.6 Å². The zero-order chi connectivity index (χ0) is 23.5. The van der Waals surface area contributed by atoms with Crippen LogP contribution in [0.2, 0.25) is 0 Å². The molecule has 0 aliphatic rings. The van der Waals surface area contributed by atoms with Gasteiger partial charge in [0, 0.05) is 32.9 Å². The maximum Gasteiger partial charge on any atom is 0.272 e. The number of amides is 3. The van der Waals surface area contributed by atoms with Crippen LogP contribution in [0.3, 0.4) is 0 Å². The lowest BCUT2D eigenvalue weighted by Gasteiger charge is -2.29. The van der Waals surface area contributed by atoms with Crippen LogP contribution in [0.1, 0.15) is 35.8 Å². The highest BCUT2D eigenvalue weighted by molar-refractivity contribution is 5.97. The summed E-state index contributed by atoms with van der Waals surface area (Å²) in [5.41, 5.74) is 0.918. The van der Waals surface area contributed by atoms with Crippen LogP contribution in [-0.2, 0) is 16.0 Å². The first-order valence-electron chi connectivity index (χ1n) is 10.2. The van der Waals surface area contributed by atoms with Gasteiger partial charge in [0.15, 0.2) is 6.19 Å². The van der Waals surface area contributed by atoms with E-state index in [1.54, 1.807) is 0 Å². The van der Waals surface area contributed by atoms with Crippen LogP contribution in [0.4, 0.5) is 0 Å². The minimum atomic E-state index is -0.946. The molecule has 0 unspecified atom stereocenters. The Morgan fingerprint density at radius 3 is 2.41 bits per heavy atom. The van der Waals surface area contributed by atoms with Gasteiger partial charge in [0.1, 0.15) is 17.8 Å².